The highest BCUT2D eigenvalue weighted by Gasteiger charge is 2.09. The van der Waals surface area contributed by atoms with Gasteiger partial charge in [0.2, 0.25) is 0 Å². The van der Waals surface area contributed by atoms with E-state index in [1.54, 1.807) is 24.3 Å². The molecule has 112 valence electrons. The Hall–Kier alpha value is -2.49. The molecule has 22 heavy (non-hydrogen) atoms. The Bertz CT molecular complexity index is 744. The molecule has 0 heterocycles. The minimum Gasteiger partial charge on any atom is -0.507 e. The Morgan fingerprint density at radius 2 is 1.95 bits per heavy atom. The molecule has 0 saturated heterocycles. The number of carbonyl (C=O) groups is 1. The van der Waals surface area contributed by atoms with Crippen LogP contribution >= 0.6 is 22.6 Å². The third kappa shape index (κ3) is 4.01. The third-order valence-corrected chi connectivity index (χ3v) is 3.42. The van der Waals surface area contributed by atoms with E-state index in [1.807, 2.05) is 0 Å². The van der Waals surface area contributed by atoms with Crippen LogP contribution in [0.2, 0.25) is 0 Å². The highest BCUT2D eigenvalue weighted by molar-refractivity contribution is 14.1. The van der Waals surface area contributed by atoms with Gasteiger partial charge in [0.05, 0.1) is 11.1 Å². The fourth-order valence-electron chi connectivity index (χ4n) is 1.59. The molecule has 0 bridgehead atoms. The standard InChI is InChI=1S/C14H10IN3O4/c15-11-3-1-9(2-4-11)14(20)17-16-8-10-7-12(18(21)22)5-6-13(10)19/h1-8,19H,(H,17,20). The molecule has 0 spiro atoms. The molecule has 0 atom stereocenters. The van der Waals surface area contributed by atoms with E-state index >= 15 is 0 Å². The van der Waals surface area contributed by atoms with Crippen LogP contribution in [0.1, 0.15) is 15.9 Å². The van der Waals surface area contributed by atoms with Crippen LogP contribution in [0.5, 0.6) is 5.75 Å². The number of amides is 1. The van der Waals surface area contributed by atoms with Gasteiger partial charge >= 0.3 is 0 Å². The number of nitrogens with zero attached hydrogens (tertiary/aromatic N) is 2. The van der Waals surface area contributed by atoms with Crippen molar-refractivity contribution in [2.24, 2.45) is 5.10 Å². The van der Waals surface area contributed by atoms with Crippen LogP contribution in [0, 0.1) is 13.7 Å². The molecule has 2 aromatic rings. The van der Waals surface area contributed by atoms with Crippen molar-refractivity contribution in [3.05, 3.63) is 67.3 Å². The van der Waals surface area contributed by atoms with E-state index in [4.69, 9.17) is 0 Å². The monoisotopic (exact) mass is 411 g/mol. The summed E-state index contributed by atoms with van der Waals surface area (Å²) in [6, 6.07) is 10.4. The number of nitrogens with one attached hydrogen (secondary N) is 1. The number of rotatable bonds is 4. The van der Waals surface area contributed by atoms with Crippen molar-refractivity contribution in [3.63, 3.8) is 0 Å². The topological polar surface area (TPSA) is 105 Å². The van der Waals surface area contributed by atoms with Gasteiger partial charge in [0.25, 0.3) is 11.6 Å². The quantitative estimate of drug-likeness (QED) is 0.349. The Balaban J connectivity index is 2.09. The summed E-state index contributed by atoms with van der Waals surface area (Å²) >= 11 is 2.12. The SMILES string of the molecule is O=C(NN=Cc1cc([N+](=O)[O-])ccc1O)c1ccc(I)cc1. The van der Waals surface area contributed by atoms with Crippen molar-refractivity contribution in [2.45, 2.75) is 0 Å². The van der Waals surface area contributed by atoms with E-state index in [0.717, 1.165) is 15.9 Å². The van der Waals surface area contributed by atoms with Gasteiger partial charge in [-0.15, -0.1) is 0 Å². The number of nitro benzene ring substituents is 1. The molecule has 2 N–H and O–H groups in total. The molecule has 0 aliphatic carbocycles. The smallest absolute Gasteiger partial charge is 0.271 e. The van der Waals surface area contributed by atoms with Gasteiger partial charge in [-0.05, 0) is 52.9 Å². The van der Waals surface area contributed by atoms with Gasteiger partial charge in [-0.1, -0.05) is 0 Å². The fraction of sp³-hybridized carbons (Fsp3) is 0. The molecule has 0 fully saturated rings. The largest absolute Gasteiger partial charge is 0.507 e. The van der Waals surface area contributed by atoms with Gasteiger partial charge in [-0.2, -0.15) is 5.10 Å². The molecule has 7 nitrogen and oxygen atoms in total. The van der Waals surface area contributed by atoms with E-state index in [2.05, 4.69) is 33.1 Å². The van der Waals surface area contributed by atoms with E-state index < -0.39 is 10.8 Å². The van der Waals surface area contributed by atoms with Crippen LogP contribution in [-0.2, 0) is 0 Å². The van der Waals surface area contributed by atoms with Gasteiger partial charge in [0.1, 0.15) is 5.75 Å². The Kier molecular flexibility index (Phi) is 5.04. The summed E-state index contributed by atoms with van der Waals surface area (Å²) in [6.07, 6.45) is 1.15. The molecule has 0 unspecified atom stereocenters. The molecule has 2 aromatic carbocycles. The number of phenolic OH excluding ortho intramolecular Hbond substituents is 1. The zero-order chi connectivity index (χ0) is 16.1. The number of nitro groups is 1. The molecular weight excluding hydrogens is 401 g/mol. The second-order valence-corrected chi connectivity index (χ2v) is 5.45. The number of hydrogen-bond donors (Lipinski definition) is 2. The lowest BCUT2D eigenvalue weighted by Gasteiger charge is -2.01. The van der Waals surface area contributed by atoms with Crippen LogP contribution in [0.25, 0.3) is 0 Å². The number of hydrazone groups is 1. The zero-order valence-electron chi connectivity index (χ0n) is 11.1. The Morgan fingerprint density at radius 3 is 2.59 bits per heavy atom. The first-order valence-corrected chi connectivity index (χ1v) is 7.11. The zero-order valence-corrected chi connectivity index (χ0v) is 13.2. The van der Waals surface area contributed by atoms with E-state index in [1.165, 1.54) is 12.1 Å². The van der Waals surface area contributed by atoms with Crippen molar-refractivity contribution in [1.29, 1.82) is 0 Å². The van der Waals surface area contributed by atoms with Crippen molar-refractivity contribution in [3.8, 4) is 5.75 Å². The number of aromatic hydroxyl groups is 1. The molecular formula is C14H10IN3O4. The predicted molar refractivity (Wildman–Crippen MR) is 89.0 cm³/mol. The van der Waals surface area contributed by atoms with Crippen LogP contribution in [-0.4, -0.2) is 22.2 Å². The summed E-state index contributed by atoms with van der Waals surface area (Å²) in [7, 11) is 0. The minimum atomic E-state index is -0.582. The van der Waals surface area contributed by atoms with Crippen LogP contribution in [0.4, 0.5) is 5.69 Å². The van der Waals surface area contributed by atoms with Crippen LogP contribution in [0.3, 0.4) is 0 Å². The maximum Gasteiger partial charge on any atom is 0.271 e. The highest BCUT2D eigenvalue weighted by Crippen LogP contribution is 2.21. The molecule has 0 saturated carbocycles. The predicted octanol–water partition coefficient (Wildman–Crippen LogP) is 2.67. The van der Waals surface area contributed by atoms with E-state index in [-0.39, 0.29) is 17.0 Å². The molecule has 2 rings (SSSR count). The molecule has 1 amide bonds. The van der Waals surface area contributed by atoms with Crippen molar-refractivity contribution in [1.82, 2.24) is 5.43 Å². The number of carbonyl (C=O) groups excluding carboxylic acids is 1. The highest BCUT2D eigenvalue weighted by atomic mass is 127. The number of non-ortho nitro benzene ring substituents is 1. The molecule has 0 aromatic heterocycles. The maximum atomic E-state index is 11.8. The second kappa shape index (κ2) is 6.98. The van der Waals surface area contributed by atoms with Crippen molar-refractivity contribution < 1.29 is 14.8 Å². The first-order chi connectivity index (χ1) is 10.5. The average Bonchev–Trinajstić information content (AvgIpc) is 2.49. The first-order valence-electron chi connectivity index (χ1n) is 6.04. The van der Waals surface area contributed by atoms with Crippen LogP contribution < -0.4 is 5.43 Å². The lowest BCUT2D eigenvalue weighted by atomic mass is 10.2. The van der Waals surface area contributed by atoms with Gasteiger partial charge in [0, 0.05) is 26.8 Å². The summed E-state index contributed by atoms with van der Waals surface area (Å²) in [6.45, 7) is 0. The number of phenols is 1. The normalized spacial score (nSPS) is 10.6. The minimum absolute atomic E-state index is 0.136. The molecule has 8 heteroatoms. The maximum absolute atomic E-state index is 11.8. The molecule has 0 radical (unpaired) electrons. The first kappa shape index (κ1) is 15.9. The fourth-order valence-corrected chi connectivity index (χ4v) is 1.94. The number of benzene rings is 2. The van der Waals surface area contributed by atoms with Gasteiger partial charge in [-0.3, -0.25) is 14.9 Å². The van der Waals surface area contributed by atoms with Gasteiger partial charge < -0.3 is 5.11 Å². The molecule has 0 aliphatic rings. The van der Waals surface area contributed by atoms with Crippen molar-refractivity contribution in [2.75, 3.05) is 0 Å². The summed E-state index contributed by atoms with van der Waals surface area (Å²) < 4.78 is 0.999. The number of halogens is 1. The molecule has 0 aliphatic heterocycles. The summed E-state index contributed by atoms with van der Waals surface area (Å²) in [5.41, 5.74) is 2.68. The van der Waals surface area contributed by atoms with Gasteiger partial charge in [-0.25, -0.2) is 5.43 Å². The van der Waals surface area contributed by atoms with Gasteiger partial charge in [0.15, 0.2) is 0 Å². The summed E-state index contributed by atoms with van der Waals surface area (Å²) in [5, 5.41) is 24.0. The van der Waals surface area contributed by atoms with Crippen molar-refractivity contribution >= 4 is 40.4 Å². The second-order valence-electron chi connectivity index (χ2n) is 4.21. The number of hydrogen-bond acceptors (Lipinski definition) is 5. The summed E-state index contributed by atoms with van der Waals surface area (Å²) in [5.74, 6) is -0.588. The lowest BCUT2D eigenvalue weighted by Crippen LogP contribution is -2.17. The van der Waals surface area contributed by atoms with Crippen LogP contribution in [0.15, 0.2) is 47.6 Å². The lowest BCUT2D eigenvalue weighted by molar-refractivity contribution is -0.384. The van der Waals surface area contributed by atoms with E-state index in [9.17, 15) is 20.0 Å². The Labute approximate surface area is 139 Å². The summed E-state index contributed by atoms with van der Waals surface area (Å²) in [4.78, 5) is 21.9. The Morgan fingerprint density at radius 1 is 1.27 bits per heavy atom. The van der Waals surface area contributed by atoms with E-state index in [0.29, 0.717) is 5.56 Å². The average molecular weight is 411 g/mol. The third-order valence-electron chi connectivity index (χ3n) is 2.70.